The topological polar surface area (TPSA) is 90.3 Å². The molecule has 0 radical (unpaired) electrons. The van der Waals surface area contributed by atoms with Crippen molar-refractivity contribution in [3.63, 3.8) is 0 Å². The highest BCUT2D eigenvalue weighted by Gasteiger charge is 2.30. The van der Waals surface area contributed by atoms with E-state index < -0.39 is 17.7 Å². The van der Waals surface area contributed by atoms with Crippen molar-refractivity contribution in [1.29, 1.82) is 0 Å². The number of ether oxygens (including phenoxy) is 1. The smallest absolute Gasteiger partial charge is 0.416 e. The highest BCUT2D eigenvalue weighted by Crippen LogP contribution is 2.30. The number of carboxylic acid groups (broad SMARTS) is 1. The zero-order valence-electron chi connectivity index (χ0n) is 18.2. The highest BCUT2D eigenvalue weighted by atomic mass is 19.4. The van der Waals surface area contributed by atoms with Gasteiger partial charge in [-0.1, -0.05) is 12.1 Å². The lowest BCUT2D eigenvalue weighted by atomic mass is 10.1. The first-order valence-electron chi connectivity index (χ1n) is 10.3. The Morgan fingerprint density at radius 3 is 2.03 bits per heavy atom. The predicted molar refractivity (Wildman–Crippen MR) is 116 cm³/mol. The first-order valence-corrected chi connectivity index (χ1v) is 10.3. The van der Waals surface area contributed by atoms with Gasteiger partial charge < -0.3 is 24.7 Å². The Hall–Kier alpha value is -3.27. The first kappa shape index (κ1) is 26.0. The van der Waals surface area contributed by atoms with Crippen LogP contribution in [0.1, 0.15) is 17.5 Å². The van der Waals surface area contributed by atoms with Gasteiger partial charge in [-0.3, -0.25) is 9.59 Å². The molecule has 1 heterocycles. The first-order chi connectivity index (χ1) is 15.7. The number of aliphatic hydroxyl groups excluding tert-OH is 1. The molecular weight excluding hydrogens is 441 g/mol. The van der Waals surface area contributed by atoms with E-state index in [0.29, 0.717) is 44.0 Å². The predicted octanol–water partition coefficient (Wildman–Crippen LogP) is 3.06. The fourth-order valence-corrected chi connectivity index (χ4v) is 3.32. The van der Waals surface area contributed by atoms with E-state index in [2.05, 4.69) is 0 Å². The minimum absolute atomic E-state index is 0.0527. The average Bonchev–Trinajstić information content (AvgIpc) is 2.83. The summed E-state index contributed by atoms with van der Waals surface area (Å²) in [6.45, 7) is 1.84. The molecule has 2 N–H and O–H groups in total. The van der Waals surface area contributed by atoms with E-state index in [1.165, 1.54) is 12.1 Å². The number of alkyl halides is 3. The van der Waals surface area contributed by atoms with Gasteiger partial charge in [-0.15, -0.1) is 0 Å². The van der Waals surface area contributed by atoms with Crippen LogP contribution in [0.3, 0.4) is 0 Å². The second-order valence-corrected chi connectivity index (χ2v) is 7.24. The van der Waals surface area contributed by atoms with Crippen LogP contribution in [0.5, 0.6) is 5.75 Å². The third-order valence-corrected chi connectivity index (χ3v) is 5.11. The molecule has 2 aromatic carbocycles. The Balaban J connectivity index is 0.00000187. The number of carbonyl (C=O) groups excluding carboxylic acids is 1. The maximum Gasteiger partial charge on any atom is 0.416 e. The number of piperazine rings is 1. The Bertz CT molecular complexity index is 894. The lowest BCUT2D eigenvalue weighted by molar-refractivity contribution is -0.138. The fraction of sp³-hybridized carbons (Fsp3) is 0.391. The second kappa shape index (κ2) is 12.1. The summed E-state index contributed by atoms with van der Waals surface area (Å²) in [5.41, 5.74) is 0.886. The Labute approximate surface area is 190 Å². The second-order valence-electron chi connectivity index (χ2n) is 7.24. The minimum atomic E-state index is -4.36. The molecule has 0 bridgehead atoms. The van der Waals surface area contributed by atoms with E-state index in [1.54, 1.807) is 29.2 Å². The fourth-order valence-electron chi connectivity index (χ4n) is 3.32. The number of carbonyl (C=O) groups is 2. The maximum absolute atomic E-state index is 12.7. The molecule has 0 unspecified atom stereocenters. The molecule has 1 saturated heterocycles. The van der Waals surface area contributed by atoms with Crippen LogP contribution in [0.25, 0.3) is 0 Å². The van der Waals surface area contributed by atoms with Crippen molar-refractivity contribution in [2.24, 2.45) is 0 Å². The van der Waals surface area contributed by atoms with Gasteiger partial charge in [0.2, 0.25) is 0 Å². The highest BCUT2D eigenvalue weighted by molar-refractivity contribution is 5.78. The molecule has 2 aromatic rings. The molecule has 1 amide bonds. The summed E-state index contributed by atoms with van der Waals surface area (Å²) in [5.74, 6) is -0.498. The van der Waals surface area contributed by atoms with E-state index in [0.717, 1.165) is 24.8 Å². The monoisotopic (exact) mass is 468 g/mol. The third-order valence-electron chi connectivity index (χ3n) is 5.11. The third kappa shape index (κ3) is 7.98. The average molecular weight is 468 g/mol. The van der Waals surface area contributed by atoms with Gasteiger partial charge in [-0.2, -0.15) is 13.2 Å². The zero-order valence-corrected chi connectivity index (χ0v) is 18.2. The Morgan fingerprint density at radius 1 is 0.939 bits per heavy atom. The summed E-state index contributed by atoms with van der Waals surface area (Å²) in [6, 6.07) is 12.0. The van der Waals surface area contributed by atoms with Crippen molar-refractivity contribution in [1.82, 2.24) is 4.90 Å². The van der Waals surface area contributed by atoms with E-state index in [-0.39, 0.29) is 18.9 Å². The van der Waals surface area contributed by atoms with Crippen molar-refractivity contribution in [3.05, 3.63) is 59.7 Å². The van der Waals surface area contributed by atoms with Crippen LogP contribution in [0, 0.1) is 0 Å². The Morgan fingerprint density at radius 2 is 1.52 bits per heavy atom. The summed E-state index contributed by atoms with van der Waals surface area (Å²) in [4.78, 5) is 26.6. The number of nitrogens with zero attached hydrogens (tertiary/aromatic N) is 2. The molecule has 0 atom stereocenters. The summed E-state index contributed by atoms with van der Waals surface area (Å²) in [6.07, 6.45) is -3.88. The number of carboxylic acids is 1. The molecule has 10 heteroatoms. The lowest BCUT2D eigenvalue weighted by Crippen LogP contribution is -2.50. The van der Waals surface area contributed by atoms with Crippen LogP contribution in [-0.2, 0) is 22.2 Å². The molecule has 0 aromatic heterocycles. The lowest BCUT2D eigenvalue weighted by Gasteiger charge is -2.36. The van der Waals surface area contributed by atoms with Crippen LogP contribution in [0.4, 0.5) is 18.9 Å². The van der Waals surface area contributed by atoms with Crippen LogP contribution in [0.15, 0.2) is 48.5 Å². The molecule has 33 heavy (non-hydrogen) atoms. The van der Waals surface area contributed by atoms with Crippen molar-refractivity contribution >= 4 is 17.6 Å². The van der Waals surface area contributed by atoms with Crippen molar-refractivity contribution < 1.29 is 37.7 Å². The van der Waals surface area contributed by atoms with Gasteiger partial charge in [0.15, 0.2) is 6.61 Å². The van der Waals surface area contributed by atoms with Crippen LogP contribution >= 0.6 is 0 Å². The SMILES string of the molecule is CO.O=C(O)CCc1ccc(OCC(=O)N2CCN(c3ccc(C(F)(F)F)cc3)CC2)cc1. The van der Waals surface area contributed by atoms with Gasteiger partial charge in [0.1, 0.15) is 5.75 Å². The normalized spacial score (nSPS) is 13.7. The maximum atomic E-state index is 12.7. The van der Waals surface area contributed by atoms with Crippen LogP contribution in [0.2, 0.25) is 0 Å². The van der Waals surface area contributed by atoms with Crippen LogP contribution in [-0.4, -0.2) is 66.9 Å². The number of hydrogen-bond acceptors (Lipinski definition) is 5. The van der Waals surface area contributed by atoms with E-state index in [4.69, 9.17) is 14.9 Å². The summed E-state index contributed by atoms with van der Waals surface area (Å²) in [7, 11) is 1.00. The zero-order chi connectivity index (χ0) is 24.4. The summed E-state index contributed by atoms with van der Waals surface area (Å²) >= 11 is 0. The number of amides is 1. The van der Waals surface area contributed by atoms with Gasteiger partial charge in [0.05, 0.1) is 5.56 Å². The molecule has 0 spiro atoms. The van der Waals surface area contributed by atoms with Gasteiger partial charge in [0, 0.05) is 45.4 Å². The molecule has 0 aliphatic carbocycles. The standard InChI is InChI=1S/C22H23F3N2O4.CH4O/c23-22(24,25)17-4-6-18(7-5-17)26-11-13-27(14-12-26)20(28)15-31-19-8-1-16(2-9-19)3-10-21(29)30;1-2/h1-2,4-9H,3,10-15H2,(H,29,30);2H,1H3. The number of hydrogen-bond donors (Lipinski definition) is 2. The molecule has 1 aliphatic heterocycles. The van der Waals surface area contributed by atoms with E-state index >= 15 is 0 Å². The van der Waals surface area contributed by atoms with Gasteiger partial charge in [-0.05, 0) is 48.4 Å². The van der Waals surface area contributed by atoms with Crippen molar-refractivity contribution in [3.8, 4) is 5.75 Å². The van der Waals surface area contributed by atoms with E-state index in [9.17, 15) is 22.8 Å². The van der Waals surface area contributed by atoms with Gasteiger partial charge in [0.25, 0.3) is 5.91 Å². The molecule has 0 saturated carbocycles. The van der Waals surface area contributed by atoms with Gasteiger partial charge >= 0.3 is 12.1 Å². The Kier molecular flexibility index (Phi) is 9.53. The molecule has 1 aliphatic rings. The number of halogens is 3. The van der Waals surface area contributed by atoms with E-state index in [1.807, 2.05) is 4.90 Å². The molecule has 1 fully saturated rings. The number of rotatable bonds is 7. The number of aliphatic hydroxyl groups is 1. The molecular formula is C23H27F3N2O5. The quantitative estimate of drug-likeness (QED) is 0.649. The number of benzene rings is 2. The summed E-state index contributed by atoms with van der Waals surface area (Å²) in [5, 5.41) is 15.7. The van der Waals surface area contributed by atoms with Crippen molar-refractivity contribution in [2.45, 2.75) is 19.0 Å². The largest absolute Gasteiger partial charge is 0.484 e. The molecule has 7 nitrogen and oxygen atoms in total. The number of aryl methyl sites for hydroxylation is 1. The van der Waals surface area contributed by atoms with Gasteiger partial charge in [-0.25, -0.2) is 0 Å². The summed E-state index contributed by atoms with van der Waals surface area (Å²) < 4.78 is 43.6. The number of aliphatic carboxylic acids is 1. The number of anilines is 1. The van der Waals surface area contributed by atoms with Crippen LogP contribution < -0.4 is 9.64 Å². The molecule has 3 rings (SSSR count). The minimum Gasteiger partial charge on any atom is -0.484 e. The van der Waals surface area contributed by atoms with Crippen molar-refractivity contribution in [2.75, 3.05) is 44.8 Å². The molecule has 180 valence electrons.